The molecule has 3 rings (SSSR count). The van der Waals surface area contributed by atoms with Crippen LogP contribution in [0.25, 0.3) is 0 Å². The summed E-state index contributed by atoms with van der Waals surface area (Å²) in [7, 11) is 2.01. The lowest BCUT2D eigenvalue weighted by Crippen LogP contribution is -2.54. The topological polar surface area (TPSA) is 76.4 Å². The van der Waals surface area contributed by atoms with Crippen LogP contribution in [0.15, 0.2) is 24.3 Å². The van der Waals surface area contributed by atoms with Gasteiger partial charge in [-0.3, -0.25) is 9.69 Å². The molecule has 0 aromatic heterocycles. The molecule has 0 bridgehead atoms. The van der Waals surface area contributed by atoms with Crippen molar-refractivity contribution in [3.63, 3.8) is 0 Å². The lowest BCUT2D eigenvalue weighted by molar-refractivity contribution is -0.133. The highest BCUT2D eigenvalue weighted by molar-refractivity contribution is 6.07. The molecule has 0 saturated carbocycles. The number of amides is 3. The molecule has 2 heterocycles. The van der Waals surface area contributed by atoms with Gasteiger partial charge in [0, 0.05) is 13.1 Å². The molecule has 2 aliphatic heterocycles. The van der Waals surface area contributed by atoms with Gasteiger partial charge in [0.25, 0.3) is 5.91 Å². The zero-order chi connectivity index (χ0) is 15.7. The Kier molecular flexibility index (Phi) is 3.59. The lowest BCUT2D eigenvalue weighted by Gasteiger charge is -2.35. The van der Waals surface area contributed by atoms with Crippen molar-refractivity contribution in [2.45, 2.75) is 24.9 Å². The number of benzene rings is 1. The highest BCUT2D eigenvalue weighted by Gasteiger charge is 2.51. The van der Waals surface area contributed by atoms with Gasteiger partial charge in [-0.15, -0.1) is 0 Å². The number of hydrogen-bond donors (Lipinski definition) is 1. The molecule has 1 aromatic carbocycles. The fourth-order valence-electron chi connectivity index (χ4n) is 3.08. The first-order valence-electron chi connectivity index (χ1n) is 7.36. The standard InChI is InChI=1S/C16H18N4O2/c1-19-7-5-16(6-8-19)14(21)20(15(22)18-16)11-13-4-2-3-12(9-13)10-17/h2-4,9H,5-8,11H2,1H3,(H,18,22). The van der Waals surface area contributed by atoms with Gasteiger partial charge in [0.05, 0.1) is 18.2 Å². The predicted octanol–water partition coefficient (Wildman–Crippen LogP) is 1.07. The van der Waals surface area contributed by atoms with Crippen molar-refractivity contribution in [1.29, 1.82) is 5.26 Å². The molecule has 0 aliphatic carbocycles. The molecular formula is C16H18N4O2. The summed E-state index contributed by atoms with van der Waals surface area (Å²) in [6.07, 6.45) is 1.28. The Morgan fingerprint density at radius 3 is 2.73 bits per heavy atom. The van der Waals surface area contributed by atoms with E-state index in [1.165, 1.54) is 4.90 Å². The highest BCUT2D eigenvalue weighted by Crippen LogP contribution is 2.29. The summed E-state index contributed by atoms with van der Waals surface area (Å²) in [6.45, 7) is 1.80. The number of piperidine rings is 1. The molecule has 1 N–H and O–H groups in total. The fourth-order valence-corrected chi connectivity index (χ4v) is 3.08. The van der Waals surface area contributed by atoms with E-state index in [0.29, 0.717) is 18.4 Å². The SMILES string of the molecule is CN1CCC2(CC1)NC(=O)N(Cc1cccc(C#N)c1)C2=O. The largest absolute Gasteiger partial charge is 0.325 e. The Bertz CT molecular complexity index is 656. The van der Waals surface area contributed by atoms with Gasteiger partial charge in [-0.1, -0.05) is 12.1 Å². The van der Waals surface area contributed by atoms with Crippen molar-refractivity contribution in [2.24, 2.45) is 0 Å². The number of carbonyl (C=O) groups excluding carboxylic acids is 2. The van der Waals surface area contributed by atoms with Crippen LogP contribution in [0, 0.1) is 11.3 Å². The molecule has 1 spiro atoms. The van der Waals surface area contributed by atoms with Gasteiger partial charge < -0.3 is 10.2 Å². The third-order valence-electron chi connectivity index (χ3n) is 4.48. The maximum absolute atomic E-state index is 12.7. The molecule has 6 nitrogen and oxygen atoms in total. The first-order chi connectivity index (χ1) is 10.5. The Balaban J connectivity index is 1.79. The van der Waals surface area contributed by atoms with Crippen LogP contribution in [-0.4, -0.2) is 47.4 Å². The molecule has 0 radical (unpaired) electrons. The zero-order valence-corrected chi connectivity index (χ0v) is 12.5. The number of nitrogens with one attached hydrogen (secondary N) is 1. The van der Waals surface area contributed by atoms with Gasteiger partial charge in [-0.05, 0) is 37.6 Å². The molecule has 1 aromatic rings. The van der Waals surface area contributed by atoms with E-state index in [-0.39, 0.29) is 18.5 Å². The van der Waals surface area contributed by atoms with E-state index in [1.54, 1.807) is 18.2 Å². The normalized spacial score (nSPS) is 21.0. The number of nitriles is 1. The Labute approximate surface area is 129 Å². The van der Waals surface area contributed by atoms with Crippen molar-refractivity contribution in [3.05, 3.63) is 35.4 Å². The average Bonchev–Trinajstić information content (AvgIpc) is 2.75. The van der Waals surface area contributed by atoms with Crippen molar-refractivity contribution >= 4 is 11.9 Å². The quantitative estimate of drug-likeness (QED) is 0.829. The van der Waals surface area contributed by atoms with Crippen LogP contribution in [0.1, 0.15) is 24.0 Å². The Morgan fingerprint density at radius 2 is 2.05 bits per heavy atom. The van der Waals surface area contributed by atoms with Gasteiger partial charge in [-0.2, -0.15) is 5.26 Å². The van der Waals surface area contributed by atoms with E-state index in [0.717, 1.165) is 18.7 Å². The van der Waals surface area contributed by atoms with Crippen molar-refractivity contribution in [1.82, 2.24) is 15.1 Å². The summed E-state index contributed by atoms with van der Waals surface area (Å²) in [6, 6.07) is 8.72. The van der Waals surface area contributed by atoms with Crippen molar-refractivity contribution in [2.75, 3.05) is 20.1 Å². The number of hydrogen-bond acceptors (Lipinski definition) is 4. The lowest BCUT2D eigenvalue weighted by atomic mass is 9.87. The molecule has 6 heteroatoms. The van der Waals surface area contributed by atoms with E-state index < -0.39 is 5.54 Å². The minimum absolute atomic E-state index is 0.145. The highest BCUT2D eigenvalue weighted by atomic mass is 16.2. The molecular weight excluding hydrogens is 280 g/mol. The van der Waals surface area contributed by atoms with Gasteiger partial charge in [0.2, 0.25) is 0 Å². The summed E-state index contributed by atoms with van der Waals surface area (Å²) in [4.78, 5) is 28.4. The van der Waals surface area contributed by atoms with Crippen molar-refractivity contribution in [3.8, 4) is 6.07 Å². The summed E-state index contributed by atoms with van der Waals surface area (Å²) in [5.41, 5.74) is 0.572. The third-order valence-corrected chi connectivity index (χ3v) is 4.48. The van der Waals surface area contributed by atoms with Crippen LogP contribution in [0.2, 0.25) is 0 Å². The van der Waals surface area contributed by atoms with E-state index in [1.807, 2.05) is 13.1 Å². The minimum atomic E-state index is -0.740. The summed E-state index contributed by atoms with van der Waals surface area (Å²) < 4.78 is 0. The van der Waals surface area contributed by atoms with Gasteiger partial charge in [-0.25, -0.2) is 4.79 Å². The van der Waals surface area contributed by atoms with Gasteiger partial charge >= 0.3 is 6.03 Å². The number of imide groups is 1. The number of rotatable bonds is 2. The zero-order valence-electron chi connectivity index (χ0n) is 12.5. The average molecular weight is 298 g/mol. The van der Waals surface area contributed by atoms with E-state index in [9.17, 15) is 9.59 Å². The number of carbonyl (C=O) groups is 2. The van der Waals surface area contributed by atoms with Crippen LogP contribution in [-0.2, 0) is 11.3 Å². The maximum atomic E-state index is 12.7. The maximum Gasteiger partial charge on any atom is 0.325 e. The number of nitrogens with zero attached hydrogens (tertiary/aromatic N) is 3. The molecule has 2 aliphatic rings. The first-order valence-corrected chi connectivity index (χ1v) is 7.36. The Morgan fingerprint density at radius 1 is 1.32 bits per heavy atom. The van der Waals surface area contributed by atoms with Crippen LogP contribution in [0.5, 0.6) is 0 Å². The van der Waals surface area contributed by atoms with E-state index >= 15 is 0 Å². The fraction of sp³-hybridized carbons (Fsp3) is 0.438. The molecule has 114 valence electrons. The summed E-state index contributed by atoms with van der Waals surface area (Å²) in [5.74, 6) is -0.145. The second-order valence-electron chi connectivity index (χ2n) is 6.02. The molecule has 3 amide bonds. The van der Waals surface area contributed by atoms with Crippen LogP contribution in [0.3, 0.4) is 0 Å². The number of likely N-dealkylation sites (tertiary alicyclic amines) is 1. The predicted molar refractivity (Wildman–Crippen MR) is 79.7 cm³/mol. The van der Waals surface area contributed by atoms with Gasteiger partial charge in [0.15, 0.2) is 0 Å². The monoisotopic (exact) mass is 298 g/mol. The minimum Gasteiger partial charge on any atom is -0.323 e. The van der Waals surface area contributed by atoms with Crippen LogP contribution in [0.4, 0.5) is 4.79 Å². The summed E-state index contributed by atoms with van der Waals surface area (Å²) >= 11 is 0. The second-order valence-corrected chi connectivity index (χ2v) is 6.02. The molecule has 22 heavy (non-hydrogen) atoms. The molecule has 2 fully saturated rings. The third kappa shape index (κ3) is 2.44. The van der Waals surface area contributed by atoms with E-state index in [4.69, 9.17) is 5.26 Å². The molecule has 0 unspecified atom stereocenters. The van der Waals surface area contributed by atoms with Crippen molar-refractivity contribution < 1.29 is 9.59 Å². The van der Waals surface area contributed by atoms with Crippen LogP contribution < -0.4 is 5.32 Å². The number of urea groups is 1. The molecule has 0 atom stereocenters. The smallest absolute Gasteiger partial charge is 0.323 e. The van der Waals surface area contributed by atoms with Gasteiger partial charge in [0.1, 0.15) is 5.54 Å². The molecule has 2 saturated heterocycles. The Hall–Kier alpha value is -2.39. The first kappa shape index (κ1) is 14.5. The van der Waals surface area contributed by atoms with Crippen LogP contribution >= 0.6 is 0 Å². The van der Waals surface area contributed by atoms with E-state index in [2.05, 4.69) is 16.3 Å². The summed E-state index contributed by atoms with van der Waals surface area (Å²) in [5, 5.41) is 11.8. The second kappa shape index (κ2) is 5.43.